The van der Waals surface area contributed by atoms with Gasteiger partial charge in [0.25, 0.3) is 0 Å². The molecule has 1 aliphatic heterocycles. The minimum Gasteiger partial charge on any atom is -0.338 e. The molecule has 0 bridgehead atoms. The molecule has 1 unspecified atom stereocenters. The molecule has 106 valence electrons. The average Bonchev–Trinajstić information content (AvgIpc) is 2.91. The van der Waals surface area contributed by atoms with Gasteiger partial charge in [-0.3, -0.25) is 5.10 Å². The van der Waals surface area contributed by atoms with Crippen LogP contribution < -0.4 is 10.6 Å². The topological polar surface area (TPSA) is 70.8 Å². The van der Waals surface area contributed by atoms with Gasteiger partial charge in [0.15, 0.2) is 5.82 Å². The fraction of sp³-hybridized carbons (Fsp3) is 0.429. The number of piperidine rings is 1. The lowest BCUT2D eigenvalue weighted by molar-refractivity contribution is 0.500. The van der Waals surface area contributed by atoms with E-state index in [1.807, 2.05) is 18.2 Å². The Hall–Kier alpha value is -1.40. The minimum atomic E-state index is 0.221. The summed E-state index contributed by atoms with van der Waals surface area (Å²) in [6.07, 6.45) is 2.18. The van der Waals surface area contributed by atoms with E-state index in [2.05, 4.69) is 42.9 Å². The summed E-state index contributed by atoms with van der Waals surface area (Å²) in [6, 6.07) is 6.30. The molecule has 3 N–H and O–H groups in total. The first-order chi connectivity index (χ1) is 9.65. The van der Waals surface area contributed by atoms with Gasteiger partial charge in [-0.1, -0.05) is 28.1 Å². The van der Waals surface area contributed by atoms with Crippen molar-refractivity contribution in [2.75, 3.05) is 18.0 Å². The van der Waals surface area contributed by atoms with E-state index in [4.69, 9.17) is 5.73 Å². The van der Waals surface area contributed by atoms with Crippen LogP contribution in [-0.2, 0) is 0 Å². The van der Waals surface area contributed by atoms with Crippen molar-refractivity contribution in [2.24, 2.45) is 5.73 Å². The number of nitrogens with zero attached hydrogens (tertiary/aromatic N) is 3. The molecule has 0 amide bonds. The second kappa shape index (κ2) is 5.54. The predicted octanol–water partition coefficient (Wildman–Crippen LogP) is 2.47. The second-order valence-electron chi connectivity index (χ2n) is 5.24. The van der Waals surface area contributed by atoms with Crippen LogP contribution in [0.3, 0.4) is 0 Å². The molecule has 3 rings (SSSR count). The summed E-state index contributed by atoms with van der Waals surface area (Å²) in [7, 11) is 0. The lowest BCUT2D eigenvalue weighted by atomic mass is 10.1. The third-order valence-corrected chi connectivity index (χ3v) is 4.60. The van der Waals surface area contributed by atoms with Crippen LogP contribution in [0.25, 0.3) is 11.4 Å². The van der Waals surface area contributed by atoms with Crippen LogP contribution >= 0.6 is 15.9 Å². The van der Waals surface area contributed by atoms with Gasteiger partial charge in [-0.25, -0.2) is 0 Å². The first-order valence-corrected chi connectivity index (χ1v) is 7.63. The third kappa shape index (κ3) is 2.58. The standard InChI is InChI=1S/C14H18BrN5/c1-9-11(5-2-6-12(9)15)13-17-14(19-18-13)20-7-3-4-10(16)8-20/h2,5-6,10H,3-4,7-8,16H2,1H3,(H,17,18,19). The number of nitrogens with one attached hydrogen (secondary N) is 1. The molecule has 1 atom stereocenters. The predicted molar refractivity (Wildman–Crippen MR) is 83.7 cm³/mol. The van der Waals surface area contributed by atoms with Crippen LogP contribution in [0.1, 0.15) is 18.4 Å². The highest BCUT2D eigenvalue weighted by molar-refractivity contribution is 9.10. The van der Waals surface area contributed by atoms with Crippen molar-refractivity contribution in [2.45, 2.75) is 25.8 Å². The van der Waals surface area contributed by atoms with Gasteiger partial charge in [0.05, 0.1) is 0 Å². The van der Waals surface area contributed by atoms with Gasteiger partial charge in [-0.05, 0) is 31.4 Å². The number of H-pyrrole nitrogens is 1. The molecule has 0 saturated carbocycles. The van der Waals surface area contributed by atoms with Gasteiger partial charge >= 0.3 is 0 Å². The number of rotatable bonds is 2. The lowest BCUT2D eigenvalue weighted by Crippen LogP contribution is -2.43. The average molecular weight is 336 g/mol. The van der Waals surface area contributed by atoms with Crippen LogP contribution in [0, 0.1) is 6.92 Å². The molecule has 1 fully saturated rings. The maximum Gasteiger partial charge on any atom is 0.245 e. The van der Waals surface area contributed by atoms with Gasteiger partial charge in [-0.15, -0.1) is 5.10 Å². The third-order valence-electron chi connectivity index (χ3n) is 3.74. The Morgan fingerprint density at radius 2 is 2.30 bits per heavy atom. The molecule has 20 heavy (non-hydrogen) atoms. The van der Waals surface area contributed by atoms with Gasteiger partial charge in [0.2, 0.25) is 5.95 Å². The zero-order chi connectivity index (χ0) is 14.1. The molecule has 2 aromatic rings. The van der Waals surface area contributed by atoms with Crippen molar-refractivity contribution >= 4 is 21.9 Å². The van der Waals surface area contributed by atoms with Crippen LogP contribution in [0.5, 0.6) is 0 Å². The molecule has 0 spiro atoms. The highest BCUT2D eigenvalue weighted by atomic mass is 79.9. The Kier molecular flexibility index (Phi) is 3.76. The van der Waals surface area contributed by atoms with Crippen LogP contribution in [0.4, 0.5) is 5.95 Å². The van der Waals surface area contributed by atoms with Crippen LogP contribution in [-0.4, -0.2) is 34.3 Å². The Bertz CT molecular complexity index is 609. The highest BCUT2D eigenvalue weighted by Crippen LogP contribution is 2.27. The Labute approximate surface area is 126 Å². The molecule has 0 aliphatic carbocycles. The molecular weight excluding hydrogens is 318 g/mol. The summed E-state index contributed by atoms with van der Waals surface area (Å²) < 4.78 is 1.08. The summed E-state index contributed by atoms with van der Waals surface area (Å²) in [5.74, 6) is 1.55. The fourth-order valence-electron chi connectivity index (χ4n) is 2.57. The second-order valence-corrected chi connectivity index (χ2v) is 6.10. The number of aromatic nitrogens is 3. The first-order valence-electron chi connectivity index (χ1n) is 6.83. The van der Waals surface area contributed by atoms with Gasteiger partial charge < -0.3 is 10.6 Å². The molecule has 1 aliphatic rings. The quantitative estimate of drug-likeness (QED) is 0.884. The normalized spacial score (nSPS) is 19.4. The summed E-state index contributed by atoms with van der Waals surface area (Å²) in [4.78, 5) is 6.78. The van der Waals surface area contributed by atoms with E-state index < -0.39 is 0 Å². The van der Waals surface area contributed by atoms with Crippen molar-refractivity contribution in [3.63, 3.8) is 0 Å². The highest BCUT2D eigenvalue weighted by Gasteiger charge is 2.20. The largest absolute Gasteiger partial charge is 0.338 e. The van der Waals surface area contributed by atoms with E-state index in [1.165, 1.54) is 0 Å². The maximum atomic E-state index is 6.01. The van der Waals surface area contributed by atoms with Gasteiger partial charge in [-0.2, -0.15) is 4.98 Å². The van der Waals surface area contributed by atoms with Crippen LogP contribution in [0.15, 0.2) is 22.7 Å². The van der Waals surface area contributed by atoms with Crippen molar-refractivity contribution in [3.05, 3.63) is 28.2 Å². The molecule has 0 radical (unpaired) electrons. The summed E-state index contributed by atoms with van der Waals surface area (Å²) in [6.45, 7) is 3.87. The van der Waals surface area contributed by atoms with Crippen molar-refractivity contribution in [1.82, 2.24) is 15.2 Å². The molecule has 5 nitrogen and oxygen atoms in total. The molecule has 1 aromatic carbocycles. The Morgan fingerprint density at radius 1 is 1.45 bits per heavy atom. The SMILES string of the molecule is Cc1c(Br)cccc1-c1nc(N2CCCC(N)C2)n[nH]1. The summed E-state index contributed by atoms with van der Waals surface area (Å²) in [5, 5.41) is 7.38. The van der Waals surface area contributed by atoms with E-state index in [0.29, 0.717) is 0 Å². The fourth-order valence-corrected chi connectivity index (χ4v) is 2.94. The van der Waals surface area contributed by atoms with E-state index in [9.17, 15) is 0 Å². The number of hydrogen-bond donors (Lipinski definition) is 2. The zero-order valence-corrected chi connectivity index (χ0v) is 13.0. The monoisotopic (exact) mass is 335 g/mol. The Balaban J connectivity index is 1.88. The number of halogens is 1. The van der Waals surface area contributed by atoms with Gasteiger partial charge in [0, 0.05) is 29.2 Å². The number of aromatic amines is 1. The summed E-state index contributed by atoms with van der Waals surface area (Å²) >= 11 is 3.55. The van der Waals surface area contributed by atoms with Crippen molar-refractivity contribution < 1.29 is 0 Å². The molecule has 6 heteroatoms. The van der Waals surface area contributed by atoms with E-state index in [0.717, 1.165) is 53.3 Å². The number of benzene rings is 1. The molecule has 2 heterocycles. The first kappa shape index (κ1) is 13.6. The van der Waals surface area contributed by atoms with Crippen molar-refractivity contribution in [3.8, 4) is 11.4 Å². The smallest absolute Gasteiger partial charge is 0.245 e. The number of anilines is 1. The van der Waals surface area contributed by atoms with E-state index in [1.54, 1.807) is 0 Å². The zero-order valence-electron chi connectivity index (χ0n) is 11.4. The van der Waals surface area contributed by atoms with Crippen LogP contribution in [0.2, 0.25) is 0 Å². The van der Waals surface area contributed by atoms with E-state index in [-0.39, 0.29) is 6.04 Å². The molecule has 1 saturated heterocycles. The number of nitrogens with two attached hydrogens (primary N) is 1. The summed E-state index contributed by atoms with van der Waals surface area (Å²) in [5.41, 5.74) is 8.24. The Morgan fingerprint density at radius 3 is 3.10 bits per heavy atom. The van der Waals surface area contributed by atoms with E-state index >= 15 is 0 Å². The minimum absolute atomic E-state index is 0.221. The maximum absolute atomic E-state index is 6.01. The number of hydrogen-bond acceptors (Lipinski definition) is 4. The van der Waals surface area contributed by atoms with Gasteiger partial charge in [0.1, 0.15) is 0 Å². The van der Waals surface area contributed by atoms with Crippen molar-refractivity contribution in [1.29, 1.82) is 0 Å². The lowest BCUT2D eigenvalue weighted by Gasteiger charge is -2.29. The molecular formula is C14H18BrN5. The molecule has 1 aromatic heterocycles.